The highest BCUT2D eigenvalue weighted by atomic mass is 32.1. The van der Waals surface area contributed by atoms with E-state index in [1.165, 1.54) is 17.5 Å². The van der Waals surface area contributed by atoms with Gasteiger partial charge in [-0.1, -0.05) is 11.3 Å². The van der Waals surface area contributed by atoms with Crippen molar-refractivity contribution < 1.29 is 14.3 Å². The Hall–Kier alpha value is -3.24. The number of aromatic nitrogens is 2. The van der Waals surface area contributed by atoms with Crippen LogP contribution >= 0.6 is 11.3 Å². The topological polar surface area (TPSA) is 108 Å². The van der Waals surface area contributed by atoms with Gasteiger partial charge in [0.1, 0.15) is 17.2 Å². The molecule has 2 heterocycles. The minimum Gasteiger partial charge on any atom is -0.457 e. The van der Waals surface area contributed by atoms with Crippen molar-refractivity contribution in [1.82, 2.24) is 25.5 Å². The lowest BCUT2D eigenvalue weighted by Crippen LogP contribution is -2.29. The highest BCUT2D eigenvalue weighted by Gasteiger charge is 2.10. The molecule has 2 aromatic heterocycles. The fourth-order valence-electron chi connectivity index (χ4n) is 2.78. The molecule has 164 valence electrons. The molecule has 3 rings (SSSR count). The minimum absolute atomic E-state index is 0.265. The quantitative estimate of drug-likeness (QED) is 0.439. The van der Waals surface area contributed by atoms with Crippen molar-refractivity contribution in [2.75, 3.05) is 39.5 Å². The number of unbranched alkanes of at least 4 members (excludes halogenated alkanes) is 1. The van der Waals surface area contributed by atoms with Crippen molar-refractivity contribution in [3.63, 3.8) is 0 Å². The molecule has 0 aliphatic heterocycles. The number of hydrogen-bond acceptors (Lipinski definition) is 7. The smallest absolute Gasteiger partial charge is 0.321 e. The Morgan fingerprint density at radius 1 is 1.13 bits per heavy atom. The maximum atomic E-state index is 12.1. The van der Waals surface area contributed by atoms with Crippen LogP contribution < -0.4 is 20.7 Å². The van der Waals surface area contributed by atoms with Gasteiger partial charge in [-0.15, -0.1) is 0 Å². The minimum atomic E-state index is -0.282. The van der Waals surface area contributed by atoms with Crippen molar-refractivity contribution >= 4 is 38.6 Å². The summed E-state index contributed by atoms with van der Waals surface area (Å²) in [6.07, 6.45) is 3.47. The Balaban J connectivity index is 1.59. The number of amides is 3. The molecule has 0 fully saturated rings. The Morgan fingerprint density at radius 2 is 1.94 bits per heavy atom. The molecule has 31 heavy (non-hydrogen) atoms. The van der Waals surface area contributed by atoms with E-state index in [4.69, 9.17) is 4.74 Å². The van der Waals surface area contributed by atoms with Crippen LogP contribution in [0.2, 0.25) is 0 Å². The fourth-order valence-corrected chi connectivity index (χ4v) is 3.67. The third-order valence-corrected chi connectivity index (χ3v) is 5.26. The van der Waals surface area contributed by atoms with Crippen molar-refractivity contribution in [2.24, 2.45) is 0 Å². The first-order chi connectivity index (χ1) is 14.9. The lowest BCUT2D eigenvalue weighted by atomic mass is 10.3. The summed E-state index contributed by atoms with van der Waals surface area (Å²) in [5.41, 5.74) is 1.04. The summed E-state index contributed by atoms with van der Waals surface area (Å²) in [7, 11) is 5.61. The van der Waals surface area contributed by atoms with Gasteiger partial charge in [-0.05, 0) is 51.7 Å². The molecule has 0 atom stereocenters. The second kappa shape index (κ2) is 10.7. The second-order valence-electron chi connectivity index (χ2n) is 7.10. The predicted octanol–water partition coefficient (Wildman–Crippen LogP) is 3.31. The van der Waals surface area contributed by atoms with Crippen LogP contribution in [0.5, 0.6) is 11.5 Å². The average molecular weight is 443 g/mol. The zero-order valence-electron chi connectivity index (χ0n) is 17.8. The van der Waals surface area contributed by atoms with Gasteiger partial charge in [0.15, 0.2) is 5.13 Å². The standard InChI is InChI=1S/C21H26N6O3S/c1-22-19(28)17-12-15(8-10-23-17)30-14-6-7-16-18(13-14)31-21(25-16)26-20(29)24-9-4-5-11-27(2)3/h6-8,10,12-13H,4-5,9,11H2,1-3H3,(H,22,28)(H2,24,25,26,29). The van der Waals surface area contributed by atoms with Gasteiger partial charge in [-0.3, -0.25) is 15.1 Å². The number of hydrogen-bond donors (Lipinski definition) is 3. The van der Waals surface area contributed by atoms with Crippen LogP contribution in [-0.4, -0.2) is 61.0 Å². The van der Waals surface area contributed by atoms with E-state index < -0.39 is 0 Å². The number of urea groups is 1. The van der Waals surface area contributed by atoms with E-state index in [1.54, 1.807) is 25.2 Å². The Bertz CT molecular complexity index is 1050. The molecule has 0 bridgehead atoms. The summed E-state index contributed by atoms with van der Waals surface area (Å²) in [6, 6.07) is 8.45. The monoisotopic (exact) mass is 442 g/mol. The number of carbonyl (C=O) groups excluding carboxylic acids is 2. The number of thiazole rings is 1. The van der Waals surface area contributed by atoms with Gasteiger partial charge in [-0.25, -0.2) is 9.78 Å². The number of anilines is 1. The molecule has 0 aliphatic carbocycles. The number of nitrogens with zero attached hydrogens (tertiary/aromatic N) is 3. The Morgan fingerprint density at radius 3 is 2.71 bits per heavy atom. The van der Waals surface area contributed by atoms with Gasteiger partial charge in [0.05, 0.1) is 10.2 Å². The van der Waals surface area contributed by atoms with Gasteiger partial charge in [-0.2, -0.15) is 0 Å². The zero-order chi connectivity index (χ0) is 22.2. The maximum absolute atomic E-state index is 12.1. The number of pyridine rings is 1. The van der Waals surface area contributed by atoms with Crippen LogP contribution in [0.1, 0.15) is 23.3 Å². The first kappa shape index (κ1) is 22.4. The van der Waals surface area contributed by atoms with Crippen LogP contribution in [0.4, 0.5) is 9.93 Å². The predicted molar refractivity (Wildman–Crippen MR) is 122 cm³/mol. The van der Waals surface area contributed by atoms with E-state index in [0.29, 0.717) is 23.2 Å². The van der Waals surface area contributed by atoms with Crippen LogP contribution in [0.15, 0.2) is 36.5 Å². The molecule has 3 aromatic rings. The third kappa shape index (κ3) is 6.63. The molecular formula is C21H26N6O3S. The number of carbonyl (C=O) groups is 2. The first-order valence-corrected chi connectivity index (χ1v) is 10.7. The Kier molecular flexibility index (Phi) is 7.74. The molecule has 9 nitrogen and oxygen atoms in total. The lowest BCUT2D eigenvalue weighted by molar-refractivity contribution is 0.0958. The van der Waals surface area contributed by atoms with E-state index in [-0.39, 0.29) is 17.6 Å². The van der Waals surface area contributed by atoms with E-state index in [9.17, 15) is 9.59 Å². The van der Waals surface area contributed by atoms with Crippen LogP contribution in [0.25, 0.3) is 10.2 Å². The number of fused-ring (bicyclic) bond motifs is 1. The van der Waals surface area contributed by atoms with E-state index in [1.807, 2.05) is 26.2 Å². The van der Waals surface area contributed by atoms with Crippen molar-refractivity contribution in [3.05, 3.63) is 42.2 Å². The maximum Gasteiger partial charge on any atom is 0.321 e. The highest BCUT2D eigenvalue weighted by molar-refractivity contribution is 7.22. The number of rotatable bonds is 9. The van der Waals surface area contributed by atoms with Gasteiger partial charge in [0.2, 0.25) is 0 Å². The molecule has 0 unspecified atom stereocenters. The summed E-state index contributed by atoms with van der Waals surface area (Å²) in [5, 5.41) is 8.68. The fraction of sp³-hybridized carbons (Fsp3) is 0.333. The second-order valence-corrected chi connectivity index (χ2v) is 8.13. The number of benzene rings is 1. The SMILES string of the molecule is CNC(=O)c1cc(Oc2ccc3nc(NC(=O)NCCCCN(C)C)sc3c2)ccn1. The molecule has 0 aliphatic rings. The van der Waals surface area contributed by atoms with Crippen LogP contribution in [0.3, 0.4) is 0 Å². The highest BCUT2D eigenvalue weighted by Crippen LogP contribution is 2.31. The summed E-state index contributed by atoms with van der Waals surface area (Å²) in [5.74, 6) is 0.821. The summed E-state index contributed by atoms with van der Waals surface area (Å²) in [4.78, 5) is 34.4. The average Bonchev–Trinajstić information content (AvgIpc) is 3.14. The molecule has 1 aromatic carbocycles. The van der Waals surface area contributed by atoms with Crippen molar-refractivity contribution in [1.29, 1.82) is 0 Å². The van der Waals surface area contributed by atoms with Crippen LogP contribution in [-0.2, 0) is 0 Å². The molecule has 0 saturated carbocycles. The van der Waals surface area contributed by atoms with Gasteiger partial charge in [0.25, 0.3) is 5.91 Å². The van der Waals surface area contributed by atoms with Crippen molar-refractivity contribution in [2.45, 2.75) is 12.8 Å². The third-order valence-electron chi connectivity index (χ3n) is 4.32. The first-order valence-electron chi connectivity index (χ1n) is 9.91. The molecule has 3 amide bonds. The van der Waals surface area contributed by atoms with E-state index in [2.05, 4.69) is 30.8 Å². The molecular weight excluding hydrogens is 416 g/mol. The van der Waals surface area contributed by atoms with Crippen molar-refractivity contribution in [3.8, 4) is 11.5 Å². The molecule has 0 radical (unpaired) electrons. The van der Waals surface area contributed by atoms with E-state index in [0.717, 1.165) is 29.6 Å². The number of nitrogens with one attached hydrogen (secondary N) is 3. The Labute approximate surface area is 184 Å². The normalized spacial score (nSPS) is 10.8. The van der Waals surface area contributed by atoms with Crippen LogP contribution in [0, 0.1) is 0 Å². The van der Waals surface area contributed by atoms with Gasteiger partial charge < -0.3 is 20.3 Å². The largest absolute Gasteiger partial charge is 0.457 e. The van der Waals surface area contributed by atoms with E-state index >= 15 is 0 Å². The molecule has 0 spiro atoms. The summed E-state index contributed by atoms with van der Waals surface area (Å²) >= 11 is 1.36. The molecule has 0 saturated heterocycles. The molecule has 3 N–H and O–H groups in total. The molecule has 10 heteroatoms. The summed E-state index contributed by atoms with van der Waals surface area (Å²) in [6.45, 7) is 1.62. The zero-order valence-corrected chi connectivity index (χ0v) is 18.6. The number of ether oxygens (including phenoxy) is 1. The summed E-state index contributed by atoms with van der Waals surface area (Å²) < 4.78 is 6.74. The van der Waals surface area contributed by atoms with Gasteiger partial charge in [0, 0.05) is 31.9 Å². The lowest BCUT2D eigenvalue weighted by Gasteiger charge is -2.09. The van der Waals surface area contributed by atoms with Gasteiger partial charge >= 0.3 is 6.03 Å².